The van der Waals surface area contributed by atoms with E-state index in [0.29, 0.717) is 17.8 Å². The summed E-state index contributed by atoms with van der Waals surface area (Å²) in [7, 11) is -3.56. The van der Waals surface area contributed by atoms with Gasteiger partial charge in [0.05, 0.1) is 11.9 Å². The van der Waals surface area contributed by atoms with E-state index in [1.807, 2.05) is 19.9 Å². The Morgan fingerprint density at radius 3 is 2.32 bits per heavy atom. The Balaban J connectivity index is 2.18. The van der Waals surface area contributed by atoms with Gasteiger partial charge in [-0.2, -0.15) is 0 Å². The zero-order valence-corrected chi connectivity index (χ0v) is 21.3. The average molecular weight is 492 g/mol. The van der Waals surface area contributed by atoms with Gasteiger partial charge in [-0.1, -0.05) is 24.3 Å². The molecule has 0 aromatic heterocycles. The molecule has 0 saturated heterocycles. The molecule has 1 N–H and O–H groups in total. The van der Waals surface area contributed by atoms with Gasteiger partial charge in [0.1, 0.15) is 11.9 Å². The molecule has 0 saturated carbocycles. The Hall–Kier alpha value is -2.94. The Morgan fingerprint density at radius 1 is 1.09 bits per heavy atom. The lowest BCUT2D eigenvalue weighted by atomic mass is 10.1. The third-order valence-corrected chi connectivity index (χ3v) is 6.96. The standard InChI is InChI=1S/C25H34FN3O4S/c1-6-27-25(31)20(4)28(17-21-12-14-22(26)15-13-21)24(30)11-8-16-29(34(5,32)33)23-10-7-9-18(2)19(23)3/h7,9-10,12-15,20H,6,8,11,16-17H2,1-5H3,(H,27,31)/t20-/m0/s1. The van der Waals surface area contributed by atoms with Gasteiger partial charge in [-0.3, -0.25) is 13.9 Å². The van der Waals surface area contributed by atoms with Gasteiger partial charge in [0.25, 0.3) is 0 Å². The van der Waals surface area contributed by atoms with E-state index in [1.54, 1.807) is 38.1 Å². The van der Waals surface area contributed by atoms with Crippen LogP contribution in [0.3, 0.4) is 0 Å². The molecule has 1 atom stereocenters. The van der Waals surface area contributed by atoms with Crippen LogP contribution in [-0.2, 0) is 26.2 Å². The van der Waals surface area contributed by atoms with Gasteiger partial charge >= 0.3 is 0 Å². The van der Waals surface area contributed by atoms with E-state index >= 15 is 0 Å². The van der Waals surface area contributed by atoms with E-state index in [1.165, 1.54) is 21.3 Å². The van der Waals surface area contributed by atoms with Gasteiger partial charge in [-0.05, 0) is 69.0 Å². The number of rotatable bonds is 11. The van der Waals surface area contributed by atoms with Crippen molar-refractivity contribution >= 4 is 27.5 Å². The molecular formula is C25H34FN3O4S. The number of carbonyl (C=O) groups excluding carboxylic acids is 2. The second-order valence-corrected chi connectivity index (χ2v) is 10.3. The van der Waals surface area contributed by atoms with Crippen molar-refractivity contribution in [1.29, 1.82) is 0 Å². The normalized spacial score (nSPS) is 12.2. The van der Waals surface area contributed by atoms with Gasteiger partial charge < -0.3 is 10.2 Å². The van der Waals surface area contributed by atoms with Gasteiger partial charge in [0.2, 0.25) is 21.8 Å². The molecule has 0 aliphatic carbocycles. The summed E-state index contributed by atoms with van der Waals surface area (Å²) in [6.07, 6.45) is 1.48. The van der Waals surface area contributed by atoms with E-state index in [4.69, 9.17) is 0 Å². The number of carbonyl (C=O) groups is 2. The highest BCUT2D eigenvalue weighted by Gasteiger charge is 2.26. The first-order chi connectivity index (χ1) is 16.0. The molecule has 0 fully saturated rings. The maximum absolute atomic E-state index is 13.3. The molecule has 0 heterocycles. The highest BCUT2D eigenvalue weighted by atomic mass is 32.2. The van der Waals surface area contributed by atoms with E-state index in [2.05, 4.69) is 5.32 Å². The molecule has 2 rings (SSSR count). The van der Waals surface area contributed by atoms with Crippen LogP contribution in [0.25, 0.3) is 0 Å². The lowest BCUT2D eigenvalue weighted by Crippen LogP contribution is -2.47. The van der Waals surface area contributed by atoms with Gasteiger partial charge in [0.15, 0.2) is 0 Å². The van der Waals surface area contributed by atoms with E-state index in [-0.39, 0.29) is 43.6 Å². The fraction of sp³-hybridized carbons (Fsp3) is 0.440. The number of benzene rings is 2. The van der Waals surface area contributed by atoms with Crippen molar-refractivity contribution in [2.45, 2.75) is 53.1 Å². The summed E-state index contributed by atoms with van der Waals surface area (Å²) in [4.78, 5) is 27.1. The van der Waals surface area contributed by atoms with Crippen LogP contribution < -0.4 is 9.62 Å². The lowest BCUT2D eigenvalue weighted by molar-refractivity contribution is -0.140. The van der Waals surface area contributed by atoms with Crippen LogP contribution >= 0.6 is 0 Å². The van der Waals surface area contributed by atoms with Crippen molar-refractivity contribution in [1.82, 2.24) is 10.2 Å². The summed E-state index contributed by atoms with van der Waals surface area (Å²) in [5.41, 5.74) is 3.12. The Morgan fingerprint density at radius 2 is 1.74 bits per heavy atom. The van der Waals surface area contributed by atoms with Crippen molar-refractivity contribution in [3.63, 3.8) is 0 Å². The molecule has 9 heteroatoms. The van der Waals surface area contributed by atoms with E-state index in [9.17, 15) is 22.4 Å². The summed E-state index contributed by atoms with van der Waals surface area (Å²) in [5.74, 6) is -0.950. The predicted molar refractivity (Wildman–Crippen MR) is 132 cm³/mol. The van der Waals surface area contributed by atoms with Crippen molar-refractivity contribution in [3.05, 3.63) is 65.0 Å². The van der Waals surface area contributed by atoms with Crippen LogP contribution in [0.1, 0.15) is 43.4 Å². The first kappa shape index (κ1) is 27.3. The van der Waals surface area contributed by atoms with Crippen LogP contribution in [0, 0.1) is 19.7 Å². The number of sulfonamides is 1. The maximum Gasteiger partial charge on any atom is 0.242 e. The van der Waals surface area contributed by atoms with Gasteiger partial charge in [-0.25, -0.2) is 12.8 Å². The second kappa shape index (κ2) is 12.0. The van der Waals surface area contributed by atoms with Gasteiger partial charge in [-0.15, -0.1) is 0 Å². The second-order valence-electron chi connectivity index (χ2n) is 8.38. The van der Waals surface area contributed by atoms with E-state index in [0.717, 1.165) is 17.4 Å². The minimum Gasteiger partial charge on any atom is -0.355 e. The summed E-state index contributed by atoms with van der Waals surface area (Å²) in [5, 5.41) is 2.72. The summed E-state index contributed by atoms with van der Waals surface area (Å²) < 4.78 is 39.6. The van der Waals surface area contributed by atoms with Crippen LogP contribution in [0.5, 0.6) is 0 Å². The minimum atomic E-state index is -3.56. The zero-order valence-electron chi connectivity index (χ0n) is 20.5. The number of halogens is 1. The summed E-state index contributed by atoms with van der Waals surface area (Å²) in [6.45, 7) is 7.93. The topological polar surface area (TPSA) is 86.8 Å². The SMILES string of the molecule is CCNC(=O)[C@H](C)N(Cc1ccc(F)cc1)C(=O)CCCN(c1cccc(C)c1C)S(C)(=O)=O. The number of nitrogens with one attached hydrogen (secondary N) is 1. The molecule has 0 radical (unpaired) electrons. The average Bonchev–Trinajstić information content (AvgIpc) is 2.77. The molecule has 186 valence electrons. The third kappa shape index (κ3) is 7.28. The number of aryl methyl sites for hydroxylation is 1. The minimum absolute atomic E-state index is 0.0574. The fourth-order valence-corrected chi connectivity index (χ4v) is 4.70. The Bertz CT molecular complexity index is 1100. The van der Waals surface area contributed by atoms with Crippen molar-refractivity contribution < 1.29 is 22.4 Å². The molecule has 2 aromatic carbocycles. The monoisotopic (exact) mass is 491 g/mol. The number of likely N-dealkylation sites (N-methyl/N-ethyl adjacent to an activating group) is 1. The molecule has 0 spiro atoms. The highest BCUT2D eigenvalue weighted by Crippen LogP contribution is 2.25. The smallest absolute Gasteiger partial charge is 0.242 e. The first-order valence-corrected chi connectivity index (χ1v) is 13.2. The summed E-state index contributed by atoms with van der Waals surface area (Å²) >= 11 is 0. The molecule has 2 amide bonds. The van der Waals surface area contributed by atoms with Crippen molar-refractivity contribution in [2.75, 3.05) is 23.7 Å². The molecule has 0 aliphatic heterocycles. The Kier molecular flexibility index (Phi) is 9.61. The molecule has 2 aromatic rings. The fourth-order valence-electron chi connectivity index (χ4n) is 3.68. The number of hydrogen-bond acceptors (Lipinski definition) is 4. The molecule has 0 aliphatic rings. The molecular weight excluding hydrogens is 457 g/mol. The first-order valence-electron chi connectivity index (χ1n) is 11.3. The largest absolute Gasteiger partial charge is 0.355 e. The number of nitrogens with zero attached hydrogens (tertiary/aromatic N) is 2. The third-order valence-electron chi connectivity index (χ3n) is 5.78. The van der Waals surface area contributed by atoms with Crippen molar-refractivity contribution in [2.24, 2.45) is 0 Å². The summed E-state index contributed by atoms with van der Waals surface area (Å²) in [6, 6.07) is 10.5. The van der Waals surface area contributed by atoms with Crippen LogP contribution in [0.4, 0.5) is 10.1 Å². The van der Waals surface area contributed by atoms with Crippen molar-refractivity contribution in [3.8, 4) is 0 Å². The predicted octanol–water partition coefficient (Wildman–Crippen LogP) is 3.54. The highest BCUT2D eigenvalue weighted by molar-refractivity contribution is 7.92. The number of hydrogen-bond donors (Lipinski definition) is 1. The van der Waals surface area contributed by atoms with E-state index < -0.39 is 16.1 Å². The molecule has 7 nitrogen and oxygen atoms in total. The molecule has 0 unspecified atom stereocenters. The molecule has 0 bridgehead atoms. The zero-order chi connectivity index (χ0) is 25.5. The molecule has 34 heavy (non-hydrogen) atoms. The Labute approximate surface area is 202 Å². The quantitative estimate of drug-likeness (QED) is 0.521. The number of anilines is 1. The van der Waals surface area contributed by atoms with Crippen LogP contribution in [-0.4, -0.2) is 50.5 Å². The number of amides is 2. The van der Waals surface area contributed by atoms with Crippen LogP contribution in [0.15, 0.2) is 42.5 Å². The van der Waals surface area contributed by atoms with Crippen LogP contribution in [0.2, 0.25) is 0 Å². The lowest BCUT2D eigenvalue weighted by Gasteiger charge is -2.29. The maximum atomic E-state index is 13.3. The van der Waals surface area contributed by atoms with Gasteiger partial charge in [0, 0.05) is 26.1 Å².